The second-order valence-corrected chi connectivity index (χ2v) is 7.57. The van der Waals surface area contributed by atoms with Gasteiger partial charge < -0.3 is 10.5 Å². The first kappa shape index (κ1) is 17.4. The highest BCUT2D eigenvalue weighted by atomic mass is 35.5. The normalized spacial score (nSPS) is 17.7. The summed E-state index contributed by atoms with van der Waals surface area (Å²) in [5.74, 6) is 0.447. The van der Waals surface area contributed by atoms with Crippen molar-refractivity contribution in [2.45, 2.75) is 32.9 Å². The Morgan fingerprint density at radius 3 is 2.54 bits per heavy atom. The summed E-state index contributed by atoms with van der Waals surface area (Å²) < 4.78 is 7.64. The molecule has 1 fully saturated rings. The number of piperazine rings is 1. The fourth-order valence-electron chi connectivity index (χ4n) is 2.75. The van der Waals surface area contributed by atoms with Gasteiger partial charge in [0.25, 0.3) is 0 Å². The van der Waals surface area contributed by atoms with Crippen molar-refractivity contribution in [2.24, 2.45) is 0 Å². The van der Waals surface area contributed by atoms with Crippen LogP contribution >= 0.6 is 11.6 Å². The van der Waals surface area contributed by atoms with Crippen LogP contribution in [0.2, 0.25) is 5.02 Å². The molecule has 132 valence electrons. The van der Waals surface area contributed by atoms with Gasteiger partial charge in [-0.3, -0.25) is 9.80 Å². The molecule has 0 aliphatic carbocycles. The Morgan fingerprint density at radius 2 is 1.88 bits per heavy atom. The monoisotopic (exact) mass is 352 g/mol. The number of nitrogens with zero attached hydrogens (tertiary/aromatic N) is 5. The molecule has 3 heterocycles. The molecule has 0 aromatic carbocycles. The van der Waals surface area contributed by atoms with Crippen LogP contribution < -0.4 is 5.73 Å². The number of nitrogens with two attached hydrogens (primary N) is 1. The van der Waals surface area contributed by atoms with Crippen molar-refractivity contribution in [2.75, 3.05) is 38.6 Å². The fourth-order valence-corrected chi connectivity index (χ4v) is 2.99. The van der Waals surface area contributed by atoms with E-state index in [-0.39, 0.29) is 5.60 Å². The number of rotatable bonds is 4. The van der Waals surface area contributed by atoms with Crippen molar-refractivity contribution in [3.05, 3.63) is 23.1 Å². The summed E-state index contributed by atoms with van der Waals surface area (Å²) in [4.78, 5) is 8.72. The second kappa shape index (κ2) is 6.84. The van der Waals surface area contributed by atoms with Crippen LogP contribution in [0.3, 0.4) is 0 Å². The van der Waals surface area contributed by atoms with Crippen LogP contribution in [0.4, 0.5) is 5.82 Å². The van der Waals surface area contributed by atoms with Crippen LogP contribution in [0.1, 0.15) is 26.5 Å². The van der Waals surface area contributed by atoms with Crippen LogP contribution in [-0.4, -0.2) is 62.9 Å². The van der Waals surface area contributed by atoms with Crippen molar-refractivity contribution in [3.8, 4) is 0 Å². The van der Waals surface area contributed by atoms with Gasteiger partial charge in [-0.25, -0.2) is 9.50 Å². The smallest absolute Gasteiger partial charge is 0.151 e. The average Bonchev–Trinajstić information content (AvgIpc) is 2.84. The number of halogens is 1. The summed E-state index contributed by atoms with van der Waals surface area (Å²) >= 11 is 6.39. The fraction of sp³-hybridized carbons (Fsp3) is 0.625. The Hall–Kier alpha value is -1.41. The van der Waals surface area contributed by atoms with E-state index in [4.69, 9.17) is 22.1 Å². The topological polar surface area (TPSA) is 71.9 Å². The average molecular weight is 353 g/mol. The van der Waals surface area contributed by atoms with Gasteiger partial charge in [-0.2, -0.15) is 5.10 Å². The minimum atomic E-state index is -0.102. The number of aromatic nitrogens is 3. The van der Waals surface area contributed by atoms with Gasteiger partial charge in [0.2, 0.25) is 0 Å². The molecule has 2 aromatic rings. The molecule has 1 saturated heterocycles. The van der Waals surface area contributed by atoms with Crippen LogP contribution in [0.15, 0.2) is 12.4 Å². The molecular weight excluding hydrogens is 328 g/mol. The number of nitrogen functional groups attached to an aromatic ring is 1. The van der Waals surface area contributed by atoms with Gasteiger partial charge in [0, 0.05) is 32.7 Å². The molecule has 0 unspecified atom stereocenters. The first-order valence-corrected chi connectivity index (χ1v) is 8.56. The Kier molecular flexibility index (Phi) is 4.96. The summed E-state index contributed by atoms with van der Waals surface area (Å²) in [5, 5.41) is 4.96. The van der Waals surface area contributed by atoms with Gasteiger partial charge in [-0.1, -0.05) is 11.6 Å². The van der Waals surface area contributed by atoms with Crippen molar-refractivity contribution in [1.29, 1.82) is 0 Å². The lowest BCUT2D eigenvalue weighted by Crippen LogP contribution is -2.47. The lowest BCUT2D eigenvalue weighted by atomic mass is 10.2. The molecule has 8 heteroatoms. The highest BCUT2D eigenvalue weighted by Crippen LogP contribution is 2.25. The Bertz CT molecular complexity index is 702. The number of anilines is 1. The highest BCUT2D eigenvalue weighted by Gasteiger charge is 2.21. The van der Waals surface area contributed by atoms with E-state index in [9.17, 15) is 0 Å². The van der Waals surface area contributed by atoms with Gasteiger partial charge >= 0.3 is 0 Å². The Morgan fingerprint density at radius 1 is 1.21 bits per heavy atom. The van der Waals surface area contributed by atoms with Crippen LogP contribution in [-0.2, 0) is 11.3 Å². The van der Waals surface area contributed by atoms with Crippen LogP contribution in [0, 0.1) is 0 Å². The molecule has 2 N–H and O–H groups in total. The van der Waals surface area contributed by atoms with Crippen LogP contribution in [0.25, 0.3) is 5.52 Å². The molecular formula is C16H25ClN6O. The third-order valence-electron chi connectivity index (χ3n) is 4.17. The van der Waals surface area contributed by atoms with Crippen LogP contribution in [0.5, 0.6) is 0 Å². The summed E-state index contributed by atoms with van der Waals surface area (Å²) in [6.45, 7) is 11.6. The maximum atomic E-state index is 6.39. The lowest BCUT2D eigenvalue weighted by molar-refractivity contribution is -0.0744. The predicted octanol–water partition coefficient (Wildman–Crippen LogP) is 1.86. The minimum absolute atomic E-state index is 0.102. The van der Waals surface area contributed by atoms with Crippen molar-refractivity contribution >= 4 is 22.9 Å². The van der Waals surface area contributed by atoms with E-state index >= 15 is 0 Å². The van der Waals surface area contributed by atoms with Crippen molar-refractivity contribution in [1.82, 2.24) is 24.4 Å². The van der Waals surface area contributed by atoms with Gasteiger partial charge in [0.15, 0.2) is 5.82 Å². The van der Waals surface area contributed by atoms with E-state index in [0.29, 0.717) is 17.6 Å². The van der Waals surface area contributed by atoms with Gasteiger partial charge in [-0.15, -0.1) is 0 Å². The predicted molar refractivity (Wildman–Crippen MR) is 95.0 cm³/mol. The molecule has 0 radical (unpaired) electrons. The molecule has 0 saturated carbocycles. The number of hydrogen-bond acceptors (Lipinski definition) is 6. The third kappa shape index (κ3) is 3.97. The zero-order valence-corrected chi connectivity index (χ0v) is 15.3. The standard InChI is InChI=1S/C16H25ClN6O/c1-16(2,3)24-11-22-6-4-21(5-7-22)9-14-12(17)8-13-15(18)19-10-20-23(13)14/h8,10H,4-7,9,11H2,1-3H3,(H2,18,19,20). The largest absolute Gasteiger partial charge is 0.382 e. The molecule has 1 aliphatic rings. The number of ether oxygens (including phenoxy) is 1. The summed E-state index contributed by atoms with van der Waals surface area (Å²) in [5.41, 5.74) is 7.51. The lowest BCUT2D eigenvalue weighted by Gasteiger charge is -2.35. The highest BCUT2D eigenvalue weighted by molar-refractivity contribution is 6.31. The zero-order chi connectivity index (χ0) is 17.3. The Balaban J connectivity index is 1.61. The second-order valence-electron chi connectivity index (χ2n) is 7.16. The SMILES string of the molecule is CC(C)(C)OCN1CCN(Cc2c(Cl)cc3c(N)ncnn23)CC1. The maximum absolute atomic E-state index is 6.39. The molecule has 0 bridgehead atoms. The van der Waals surface area contributed by atoms with Crippen molar-refractivity contribution in [3.63, 3.8) is 0 Å². The molecule has 24 heavy (non-hydrogen) atoms. The molecule has 0 amide bonds. The summed E-state index contributed by atoms with van der Waals surface area (Å²) in [6, 6.07) is 1.83. The van der Waals surface area contributed by atoms with Gasteiger partial charge in [-0.05, 0) is 26.8 Å². The zero-order valence-electron chi connectivity index (χ0n) is 14.5. The maximum Gasteiger partial charge on any atom is 0.151 e. The molecule has 0 spiro atoms. The molecule has 1 aliphatic heterocycles. The third-order valence-corrected chi connectivity index (χ3v) is 4.50. The van der Waals surface area contributed by atoms with E-state index in [1.165, 1.54) is 6.33 Å². The quantitative estimate of drug-likeness (QED) is 0.905. The molecule has 7 nitrogen and oxygen atoms in total. The summed E-state index contributed by atoms with van der Waals surface area (Å²) in [7, 11) is 0. The number of fused-ring (bicyclic) bond motifs is 1. The summed E-state index contributed by atoms with van der Waals surface area (Å²) in [6.07, 6.45) is 1.46. The molecule has 2 aromatic heterocycles. The first-order chi connectivity index (χ1) is 11.3. The van der Waals surface area contributed by atoms with E-state index in [1.807, 2.05) is 6.07 Å². The Labute approximate surface area is 147 Å². The van der Waals surface area contributed by atoms with Crippen molar-refractivity contribution < 1.29 is 4.74 Å². The van der Waals surface area contributed by atoms with Gasteiger partial charge in [0.1, 0.15) is 11.8 Å². The first-order valence-electron chi connectivity index (χ1n) is 8.19. The van der Waals surface area contributed by atoms with E-state index in [0.717, 1.165) is 43.9 Å². The number of hydrogen-bond donors (Lipinski definition) is 1. The van der Waals surface area contributed by atoms with Gasteiger partial charge in [0.05, 0.1) is 23.0 Å². The minimum Gasteiger partial charge on any atom is -0.382 e. The molecule has 0 atom stereocenters. The van der Waals surface area contributed by atoms with E-state index in [2.05, 4.69) is 40.7 Å². The van der Waals surface area contributed by atoms with E-state index in [1.54, 1.807) is 4.52 Å². The molecule has 3 rings (SSSR count). The van der Waals surface area contributed by atoms with E-state index < -0.39 is 0 Å².